The molecule has 1 saturated heterocycles. The number of carbonyl (C=O) groups is 2. The Labute approximate surface area is 120 Å². The van der Waals surface area contributed by atoms with E-state index in [0.29, 0.717) is 25.3 Å². The Kier molecular flexibility index (Phi) is 5.02. The van der Waals surface area contributed by atoms with Gasteiger partial charge in [0.15, 0.2) is 0 Å². The first kappa shape index (κ1) is 15.3. The first-order chi connectivity index (χ1) is 9.54. The number of nitrogens with zero attached hydrogens (tertiary/aromatic N) is 1. The highest BCUT2D eigenvalue weighted by Crippen LogP contribution is 2.33. The fraction of sp³-hybridized carbons (Fsp3) is 0.867. The van der Waals surface area contributed by atoms with Crippen molar-refractivity contribution in [2.45, 2.75) is 45.1 Å². The van der Waals surface area contributed by atoms with E-state index in [9.17, 15) is 14.7 Å². The van der Waals surface area contributed by atoms with Gasteiger partial charge in [0, 0.05) is 20.2 Å². The monoisotopic (exact) mass is 283 g/mol. The molecule has 0 radical (unpaired) electrons. The van der Waals surface area contributed by atoms with Crippen molar-refractivity contribution in [2.24, 2.45) is 17.8 Å². The predicted molar refractivity (Wildman–Crippen MR) is 74.2 cm³/mol. The Hall–Kier alpha value is -1.10. The molecule has 5 nitrogen and oxygen atoms in total. The summed E-state index contributed by atoms with van der Waals surface area (Å²) in [5, 5.41) is 9.30. The van der Waals surface area contributed by atoms with Gasteiger partial charge in [0.05, 0.1) is 17.9 Å². The molecule has 1 saturated carbocycles. The average Bonchev–Trinajstić information content (AvgIpc) is 2.47. The Morgan fingerprint density at radius 2 is 1.80 bits per heavy atom. The largest absolute Gasteiger partial charge is 0.481 e. The predicted octanol–water partition coefficient (Wildman–Crippen LogP) is 1.76. The summed E-state index contributed by atoms with van der Waals surface area (Å²) in [5.41, 5.74) is 0. The molecule has 2 aliphatic rings. The fourth-order valence-electron chi connectivity index (χ4n) is 3.50. The highest BCUT2D eigenvalue weighted by Gasteiger charge is 2.39. The Balaban J connectivity index is 2.04. The molecule has 1 aliphatic heterocycles. The summed E-state index contributed by atoms with van der Waals surface area (Å²) in [4.78, 5) is 25.8. The zero-order chi connectivity index (χ0) is 14.7. The molecule has 1 amide bonds. The molecule has 4 unspecified atom stereocenters. The van der Waals surface area contributed by atoms with Gasteiger partial charge in [-0.1, -0.05) is 19.8 Å². The van der Waals surface area contributed by atoms with Crippen LogP contribution in [0.2, 0.25) is 0 Å². The number of carboxylic acid groups (broad SMARTS) is 1. The number of likely N-dealkylation sites (tertiary alicyclic amines) is 1. The van der Waals surface area contributed by atoms with E-state index in [-0.39, 0.29) is 17.9 Å². The van der Waals surface area contributed by atoms with E-state index in [0.717, 1.165) is 25.8 Å². The quantitative estimate of drug-likeness (QED) is 0.857. The van der Waals surface area contributed by atoms with Crippen LogP contribution in [-0.4, -0.2) is 48.2 Å². The van der Waals surface area contributed by atoms with E-state index in [4.69, 9.17) is 4.74 Å². The summed E-state index contributed by atoms with van der Waals surface area (Å²) in [6.45, 7) is 3.46. The lowest BCUT2D eigenvalue weighted by molar-refractivity contribution is -0.154. The van der Waals surface area contributed by atoms with Gasteiger partial charge in [-0.3, -0.25) is 9.59 Å². The van der Waals surface area contributed by atoms with Gasteiger partial charge in [0.1, 0.15) is 0 Å². The minimum Gasteiger partial charge on any atom is -0.481 e. The van der Waals surface area contributed by atoms with Gasteiger partial charge in [-0.05, 0) is 25.2 Å². The Bertz CT molecular complexity index is 371. The Morgan fingerprint density at radius 1 is 1.15 bits per heavy atom. The number of methoxy groups -OCH3 is 1. The van der Waals surface area contributed by atoms with Gasteiger partial charge in [0.2, 0.25) is 5.91 Å². The molecule has 0 aromatic rings. The van der Waals surface area contributed by atoms with Crippen molar-refractivity contribution in [3.63, 3.8) is 0 Å². The summed E-state index contributed by atoms with van der Waals surface area (Å²) >= 11 is 0. The number of ether oxygens (including phenoxy) is 1. The van der Waals surface area contributed by atoms with Crippen molar-refractivity contribution in [1.29, 1.82) is 0 Å². The second-order valence-corrected chi connectivity index (χ2v) is 6.16. The van der Waals surface area contributed by atoms with Gasteiger partial charge >= 0.3 is 5.97 Å². The van der Waals surface area contributed by atoms with Crippen molar-refractivity contribution in [2.75, 3.05) is 20.2 Å². The Morgan fingerprint density at radius 3 is 2.40 bits per heavy atom. The molecule has 0 aromatic carbocycles. The molecule has 2 rings (SSSR count). The lowest BCUT2D eigenvalue weighted by atomic mass is 9.78. The number of aliphatic carboxylic acids is 1. The highest BCUT2D eigenvalue weighted by molar-refractivity contribution is 5.85. The number of rotatable bonds is 3. The van der Waals surface area contributed by atoms with Crippen LogP contribution in [0, 0.1) is 17.8 Å². The lowest BCUT2D eigenvalue weighted by Crippen LogP contribution is -2.50. The second-order valence-electron chi connectivity index (χ2n) is 6.16. The van der Waals surface area contributed by atoms with Gasteiger partial charge in [0.25, 0.3) is 0 Å². The molecule has 114 valence electrons. The molecule has 5 heteroatoms. The van der Waals surface area contributed by atoms with Crippen LogP contribution in [0.1, 0.15) is 39.0 Å². The first-order valence-electron chi connectivity index (χ1n) is 7.59. The molecule has 1 N–H and O–H groups in total. The molecule has 0 spiro atoms. The van der Waals surface area contributed by atoms with Crippen LogP contribution in [0.15, 0.2) is 0 Å². The van der Waals surface area contributed by atoms with Crippen LogP contribution in [0.25, 0.3) is 0 Å². The second kappa shape index (κ2) is 6.57. The zero-order valence-corrected chi connectivity index (χ0v) is 12.4. The summed E-state index contributed by atoms with van der Waals surface area (Å²) in [6, 6.07) is 0. The van der Waals surface area contributed by atoms with Crippen molar-refractivity contribution in [3.05, 3.63) is 0 Å². The normalized spacial score (nSPS) is 34.8. The smallest absolute Gasteiger partial charge is 0.307 e. The topological polar surface area (TPSA) is 66.8 Å². The number of carboxylic acids is 1. The minimum atomic E-state index is -0.822. The highest BCUT2D eigenvalue weighted by atomic mass is 16.5. The van der Waals surface area contributed by atoms with E-state index in [2.05, 4.69) is 6.92 Å². The maximum atomic E-state index is 12.6. The fourth-order valence-corrected chi connectivity index (χ4v) is 3.50. The number of amides is 1. The number of piperidine rings is 1. The SMILES string of the molecule is COC1CN(C(=O)C2CCCCC2C(=O)O)CCC1C. The van der Waals surface area contributed by atoms with Crippen molar-refractivity contribution >= 4 is 11.9 Å². The molecule has 2 fully saturated rings. The molecular formula is C15H25NO4. The molecular weight excluding hydrogens is 258 g/mol. The van der Waals surface area contributed by atoms with Crippen molar-refractivity contribution < 1.29 is 19.4 Å². The minimum absolute atomic E-state index is 0.0195. The molecule has 0 bridgehead atoms. The van der Waals surface area contributed by atoms with Crippen LogP contribution in [0.3, 0.4) is 0 Å². The maximum absolute atomic E-state index is 12.6. The summed E-state index contributed by atoms with van der Waals surface area (Å²) in [5.74, 6) is -1.20. The van der Waals surface area contributed by atoms with Crippen LogP contribution >= 0.6 is 0 Å². The maximum Gasteiger partial charge on any atom is 0.307 e. The molecule has 0 aromatic heterocycles. The lowest BCUT2D eigenvalue weighted by Gasteiger charge is -2.39. The molecule has 20 heavy (non-hydrogen) atoms. The number of carbonyl (C=O) groups excluding carboxylic acids is 1. The van der Waals surface area contributed by atoms with E-state index < -0.39 is 11.9 Å². The van der Waals surface area contributed by atoms with Crippen LogP contribution in [0.4, 0.5) is 0 Å². The van der Waals surface area contributed by atoms with E-state index >= 15 is 0 Å². The third-order valence-electron chi connectivity index (χ3n) is 4.90. The van der Waals surface area contributed by atoms with E-state index in [1.165, 1.54) is 0 Å². The number of hydrogen-bond acceptors (Lipinski definition) is 3. The van der Waals surface area contributed by atoms with Crippen LogP contribution < -0.4 is 0 Å². The number of hydrogen-bond donors (Lipinski definition) is 1. The summed E-state index contributed by atoms with van der Waals surface area (Å²) in [7, 11) is 1.68. The molecule has 1 heterocycles. The zero-order valence-electron chi connectivity index (χ0n) is 12.4. The first-order valence-corrected chi connectivity index (χ1v) is 7.59. The standard InChI is InChI=1S/C15H25NO4/c1-10-7-8-16(9-13(10)20-2)14(17)11-5-3-4-6-12(11)15(18)19/h10-13H,3-9H2,1-2H3,(H,18,19). The summed E-state index contributed by atoms with van der Waals surface area (Å²) in [6.07, 6.45) is 4.20. The van der Waals surface area contributed by atoms with E-state index in [1.54, 1.807) is 7.11 Å². The van der Waals surface area contributed by atoms with Gasteiger partial charge in [-0.2, -0.15) is 0 Å². The van der Waals surface area contributed by atoms with Gasteiger partial charge in [-0.15, -0.1) is 0 Å². The van der Waals surface area contributed by atoms with Gasteiger partial charge < -0.3 is 14.7 Å². The molecule has 1 aliphatic carbocycles. The third-order valence-corrected chi connectivity index (χ3v) is 4.90. The van der Waals surface area contributed by atoms with Crippen molar-refractivity contribution in [1.82, 2.24) is 4.90 Å². The van der Waals surface area contributed by atoms with E-state index in [1.807, 2.05) is 4.90 Å². The van der Waals surface area contributed by atoms with Crippen LogP contribution in [-0.2, 0) is 14.3 Å². The van der Waals surface area contributed by atoms with Crippen molar-refractivity contribution in [3.8, 4) is 0 Å². The van der Waals surface area contributed by atoms with Crippen LogP contribution in [0.5, 0.6) is 0 Å². The van der Waals surface area contributed by atoms with Gasteiger partial charge in [-0.25, -0.2) is 0 Å². The third kappa shape index (κ3) is 3.14. The summed E-state index contributed by atoms with van der Waals surface area (Å²) < 4.78 is 5.44. The molecule has 4 atom stereocenters. The average molecular weight is 283 g/mol.